The van der Waals surface area contributed by atoms with Crippen molar-refractivity contribution in [3.63, 3.8) is 0 Å². The molecule has 1 saturated heterocycles. The Labute approximate surface area is 240 Å². The molecular weight excluding hydrogens is 518 g/mol. The van der Waals surface area contributed by atoms with Crippen LogP contribution in [-0.4, -0.2) is 59.3 Å². The Hall–Kier alpha value is -4.17. The van der Waals surface area contributed by atoms with E-state index in [4.69, 9.17) is 4.74 Å². The van der Waals surface area contributed by atoms with Crippen LogP contribution in [0.1, 0.15) is 55.2 Å². The van der Waals surface area contributed by atoms with Gasteiger partial charge in [0.05, 0.1) is 6.42 Å². The van der Waals surface area contributed by atoms with E-state index in [-0.39, 0.29) is 24.9 Å². The third-order valence-electron chi connectivity index (χ3n) is 8.11. The van der Waals surface area contributed by atoms with E-state index in [1.54, 1.807) is 0 Å². The fourth-order valence-electron chi connectivity index (χ4n) is 6.15. The van der Waals surface area contributed by atoms with E-state index < -0.39 is 23.6 Å². The molecule has 2 atom stereocenters. The molecule has 0 aromatic heterocycles. The number of carboxylic acids is 1. The second kappa shape index (κ2) is 12.6. The van der Waals surface area contributed by atoms with E-state index in [0.29, 0.717) is 32.5 Å². The van der Waals surface area contributed by atoms with E-state index in [9.17, 15) is 19.5 Å². The van der Waals surface area contributed by atoms with Crippen molar-refractivity contribution in [3.05, 3.63) is 95.6 Å². The lowest BCUT2D eigenvalue weighted by Gasteiger charge is -2.31. The van der Waals surface area contributed by atoms with Crippen LogP contribution in [0.2, 0.25) is 0 Å². The van der Waals surface area contributed by atoms with Gasteiger partial charge in [0.25, 0.3) is 0 Å². The Morgan fingerprint density at radius 2 is 1.61 bits per heavy atom. The average molecular weight is 556 g/mol. The summed E-state index contributed by atoms with van der Waals surface area (Å²) in [5.41, 5.74) is 4.38. The van der Waals surface area contributed by atoms with E-state index >= 15 is 0 Å². The van der Waals surface area contributed by atoms with Crippen molar-refractivity contribution in [1.29, 1.82) is 0 Å². The highest BCUT2D eigenvalue weighted by Gasteiger charge is 2.47. The predicted molar refractivity (Wildman–Crippen MR) is 156 cm³/mol. The van der Waals surface area contributed by atoms with Crippen LogP contribution in [0.3, 0.4) is 0 Å². The van der Waals surface area contributed by atoms with Crippen LogP contribution in [0.5, 0.6) is 0 Å². The number of carbonyl (C=O) groups is 3. The number of likely N-dealkylation sites (tertiary alicyclic amines) is 1. The number of alkyl carbamates (subject to hydrolysis) is 1. The van der Waals surface area contributed by atoms with Gasteiger partial charge in [-0.3, -0.25) is 14.5 Å². The van der Waals surface area contributed by atoms with Gasteiger partial charge in [-0.25, -0.2) is 4.79 Å². The quantitative estimate of drug-likeness (QED) is 0.310. The number of carboxylic acid groups (broad SMARTS) is 1. The van der Waals surface area contributed by atoms with Crippen molar-refractivity contribution in [2.24, 2.45) is 0 Å². The molecule has 3 aromatic rings. The summed E-state index contributed by atoms with van der Waals surface area (Å²) in [6.07, 6.45) is 0.822. The number of aliphatic carboxylic acids is 1. The van der Waals surface area contributed by atoms with Crippen LogP contribution < -0.4 is 10.6 Å². The third-order valence-corrected chi connectivity index (χ3v) is 8.11. The Bertz CT molecular complexity index is 1350. The standard InChI is InChI=1S/C33H37N3O5/c1-2-10-24(19-30(37)38)34-31(39)33(17-18-36(22-33)20-23-11-4-3-5-12-23)35-32(40)41-21-29-27-15-8-6-13-25(27)26-14-7-9-16-28(26)29/h3-9,11-16,24,29H,2,10,17-22H2,1H3,(H,34,39)(H,35,40)(H,37,38)/t24-,33?/m1/s1. The number of hydrogen-bond acceptors (Lipinski definition) is 5. The molecule has 2 amide bonds. The molecule has 3 aromatic carbocycles. The highest BCUT2D eigenvalue weighted by atomic mass is 16.5. The number of rotatable bonds is 11. The van der Waals surface area contributed by atoms with E-state index in [1.165, 1.54) is 0 Å². The van der Waals surface area contributed by atoms with Gasteiger partial charge in [-0.1, -0.05) is 92.2 Å². The molecule has 1 unspecified atom stereocenters. The topological polar surface area (TPSA) is 108 Å². The summed E-state index contributed by atoms with van der Waals surface area (Å²) in [7, 11) is 0. The number of nitrogens with one attached hydrogen (secondary N) is 2. The molecular formula is C33H37N3O5. The van der Waals surface area contributed by atoms with Gasteiger partial charge in [0.2, 0.25) is 5.91 Å². The molecule has 1 fully saturated rings. The molecule has 0 spiro atoms. The number of nitrogens with zero attached hydrogens (tertiary/aromatic N) is 1. The number of hydrogen-bond donors (Lipinski definition) is 3. The molecule has 1 aliphatic heterocycles. The maximum Gasteiger partial charge on any atom is 0.408 e. The Morgan fingerprint density at radius 1 is 0.976 bits per heavy atom. The summed E-state index contributed by atoms with van der Waals surface area (Å²) in [6, 6.07) is 25.7. The summed E-state index contributed by atoms with van der Waals surface area (Å²) in [5.74, 6) is -1.44. The molecule has 0 saturated carbocycles. The minimum atomic E-state index is -1.23. The largest absolute Gasteiger partial charge is 0.481 e. The molecule has 2 aliphatic rings. The van der Waals surface area contributed by atoms with Crippen molar-refractivity contribution >= 4 is 18.0 Å². The molecule has 1 heterocycles. The number of fused-ring (bicyclic) bond motifs is 3. The van der Waals surface area contributed by atoms with E-state index in [2.05, 4.69) is 39.8 Å². The first-order valence-electron chi connectivity index (χ1n) is 14.3. The van der Waals surface area contributed by atoms with Crippen molar-refractivity contribution in [2.45, 2.75) is 56.7 Å². The molecule has 214 valence electrons. The molecule has 8 heteroatoms. The lowest BCUT2D eigenvalue weighted by molar-refractivity contribution is -0.138. The van der Waals surface area contributed by atoms with Crippen LogP contribution in [0.4, 0.5) is 4.79 Å². The summed E-state index contributed by atoms with van der Waals surface area (Å²) < 4.78 is 5.80. The van der Waals surface area contributed by atoms with Crippen LogP contribution in [-0.2, 0) is 20.9 Å². The maximum absolute atomic E-state index is 13.8. The monoisotopic (exact) mass is 555 g/mol. The molecule has 3 N–H and O–H groups in total. The lowest BCUT2D eigenvalue weighted by Crippen LogP contribution is -2.62. The molecule has 0 radical (unpaired) electrons. The molecule has 41 heavy (non-hydrogen) atoms. The van der Waals surface area contributed by atoms with Gasteiger partial charge in [-0.05, 0) is 40.7 Å². The Morgan fingerprint density at radius 3 is 2.24 bits per heavy atom. The van der Waals surface area contributed by atoms with Gasteiger partial charge in [0, 0.05) is 31.6 Å². The zero-order chi connectivity index (χ0) is 28.8. The fraction of sp³-hybridized carbons (Fsp3) is 0.364. The summed E-state index contributed by atoms with van der Waals surface area (Å²) in [6.45, 7) is 3.62. The highest BCUT2D eigenvalue weighted by molar-refractivity contribution is 5.91. The van der Waals surface area contributed by atoms with Crippen molar-refractivity contribution in [2.75, 3.05) is 19.7 Å². The third kappa shape index (κ3) is 6.43. The minimum absolute atomic E-state index is 0.0967. The fourth-order valence-corrected chi connectivity index (χ4v) is 6.15. The van der Waals surface area contributed by atoms with Crippen LogP contribution in [0.15, 0.2) is 78.9 Å². The highest BCUT2D eigenvalue weighted by Crippen LogP contribution is 2.44. The Kier molecular flexibility index (Phi) is 8.69. The molecule has 5 rings (SSSR count). The van der Waals surface area contributed by atoms with E-state index in [1.807, 2.05) is 61.5 Å². The summed E-state index contributed by atoms with van der Waals surface area (Å²) >= 11 is 0. The first-order valence-corrected chi connectivity index (χ1v) is 14.3. The van der Waals surface area contributed by atoms with Crippen molar-refractivity contribution in [3.8, 4) is 11.1 Å². The van der Waals surface area contributed by atoms with Crippen LogP contribution in [0.25, 0.3) is 11.1 Å². The number of carbonyl (C=O) groups excluding carboxylic acids is 2. The van der Waals surface area contributed by atoms with Crippen LogP contribution in [0, 0.1) is 0 Å². The van der Waals surface area contributed by atoms with Gasteiger partial charge < -0.3 is 20.5 Å². The van der Waals surface area contributed by atoms with Gasteiger partial charge in [0.1, 0.15) is 12.1 Å². The normalized spacial score (nSPS) is 18.8. The minimum Gasteiger partial charge on any atom is -0.481 e. The molecule has 0 bridgehead atoms. The first-order chi connectivity index (χ1) is 19.9. The Balaban J connectivity index is 1.31. The number of ether oxygens (including phenoxy) is 1. The summed E-state index contributed by atoms with van der Waals surface area (Å²) in [5, 5.41) is 15.2. The number of benzene rings is 3. The van der Waals surface area contributed by atoms with Gasteiger partial charge >= 0.3 is 12.1 Å². The molecule has 8 nitrogen and oxygen atoms in total. The summed E-state index contributed by atoms with van der Waals surface area (Å²) in [4.78, 5) is 40.6. The average Bonchev–Trinajstić information content (AvgIpc) is 3.51. The smallest absolute Gasteiger partial charge is 0.408 e. The second-order valence-corrected chi connectivity index (χ2v) is 11.0. The zero-order valence-corrected chi connectivity index (χ0v) is 23.3. The SMILES string of the molecule is CCC[C@H](CC(=O)O)NC(=O)C1(NC(=O)OCC2c3ccccc3-c3ccccc32)CCN(Cc2ccccc2)C1. The maximum atomic E-state index is 13.8. The lowest BCUT2D eigenvalue weighted by atomic mass is 9.96. The predicted octanol–water partition coefficient (Wildman–Crippen LogP) is 4.93. The zero-order valence-electron chi connectivity index (χ0n) is 23.3. The number of amides is 2. The van der Waals surface area contributed by atoms with Gasteiger partial charge in [-0.15, -0.1) is 0 Å². The molecule has 1 aliphatic carbocycles. The van der Waals surface area contributed by atoms with Gasteiger partial charge in [0.15, 0.2) is 0 Å². The first kappa shape index (κ1) is 28.4. The van der Waals surface area contributed by atoms with Crippen LogP contribution >= 0.6 is 0 Å². The van der Waals surface area contributed by atoms with Crippen molar-refractivity contribution in [1.82, 2.24) is 15.5 Å². The van der Waals surface area contributed by atoms with Crippen molar-refractivity contribution < 1.29 is 24.2 Å². The van der Waals surface area contributed by atoms with E-state index in [0.717, 1.165) is 34.2 Å². The second-order valence-electron chi connectivity index (χ2n) is 11.0. The van der Waals surface area contributed by atoms with Gasteiger partial charge in [-0.2, -0.15) is 0 Å².